The van der Waals surface area contributed by atoms with Crippen molar-refractivity contribution < 1.29 is 18.0 Å². The second kappa shape index (κ2) is 15.1. The number of halogens is 1. The molecule has 1 atom stereocenters. The molecule has 0 aromatic heterocycles. The maximum atomic E-state index is 14.6. The van der Waals surface area contributed by atoms with Crippen LogP contribution in [0.3, 0.4) is 0 Å². The Morgan fingerprint density at radius 2 is 1.46 bits per heavy atom. The second-order valence-electron chi connectivity index (χ2n) is 11.9. The molecule has 1 fully saturated rings. The van der Waals surface area contributed by atoms with E-state index in [1.165, 1.54) is 16.4 Å². The Morgan fingerprint density at radius 1 is 0.826 bits per heavy atom. The summed E-state index contributed by atoms with van der Waals surface area (Å²) in [7, 11) is -4.14. The summed E-state index contributed by atoms with van der Waals surface area (Å²) in [5.41, 5.74) is 4.04. The fourth-order valence-corrected chi connectivity index (χ4v) is 7.53. The average Bonchev–Trinajstić information content (AvgIpc) is 3.57. The van der Waals surface area contributed by atoms with Gasteiger partial charge in [0.25, 0.3) is 10.0 Å². The van der Waals surface area contributed by atoms with E-state index in [0.717, 1.165) is 52.4 Å². The van der Waals surface area contributed by atoms with Gasteiger partial charge in [0.05, 0.1) is 10.6 Å². The lowest BCUT2D eigenvalue weighted by molar-refractivity contribution is -0.140. The summed E-state index contributed by atoms with van der Waals surface area (Å²) < 4.78 is 30.4. The predicted octanol–water partition coefficient (Wildman–Crippen LogP) is 6.96. The van der Waals surface area contributed by atoms with Gasteiger partial charge in [0.2, 0.25) is 11.8 Å². The number of carbonyl (C=O) groups excluding carboxylic acids is 2. The van der Waals surface area contributed by atoms with Gasteiger partial charge in [-0.2, -0.15) is 0 Å². The highest BCUT2D eigenvalue weighted by Crippen LogP contribution is 2.27. The first-order valence-electron chi connectivity index (χ1n) is 15.6. The molecule has 0 saturated heterocycles. The number of amides is 2. The maximum Gasteiger partial charge on any atom is 0.264 e. The van der Waals surface area contributed by atoms with Crippen molar-refractivity contribution in [3.05, 3.63) is 130 Å². The van der Waals surface area contributed by atoms with Crippen molar-refractivity contribution in [1.29, 1.82) is 0 Å². The smallest absolute Gasteiger partial charge is 0.264 e. The molecule has 2 amide bonds. The number of nitrogens with one attached hydrogen (secondary N) is 1. The summed E-state index contributed by atoms with van der Waals surface area (Å²) in [4.78, 5) is 30.4. The molecule has 0 spiro atoms. The van der Waals surface area contributed by atoms with Crippen molar-refractivity contribution >= 4 is 43.5 Å². The number of hydrogen-bond donors (Lipinski definition) is 1. The minimum absolute atomic E-state index is 0.0564. The normalized spacial score (nSPS) is 14.1. The van der Waals surface area contributed by atoms with Gasteiger partial charge >= 0.3 is 0 Å². The molecule has 0 bridgehead atoms. The van der Waals surface area contributed by atoms with Crippen molar-refractivity contribution in [2.24, 2.45) is 0 Å². The van der Waals surface area contributed by atoms with Crippen molar-refractivity contribution in [3.8, 4) is 0 Å². The minimum Gasteiger partial charge on any atom is -0.352 e. The number of benzene rings is 4. The highest BCUT2D eigenvalue weighted by molar-refractivity contribution is 9.10. The Kier molecular flexibility index (Phi) is 11.0. The van der Waals surface area contributed by atoms with Crippen LogP contribution < -0.4 is 9.62 Å². The van der Waals surface area contributed by atoms with Crippen LogP contribution in [0.2, 0.25) is 0 Å². The van der Waals surface area contributed by atoms with E-state index >= 15 is 0 Å². The molecule has 240 valence electrons. The van der Waals surface area contributed by atoms with Gasteiger partial charge in [0.1, 0.15) is 12.6 Å². The van der Waals surface area contributed by atoms with E-state index in [1.54, 1.807) is 35.2 Å². The first-order chi connectivity index (χ1) is 22.1. The Balaban J connectivity index is 1.57. The third kappa shape index (κ3) is 8.25. The van der Waals surface area contributed by atoms with E-state index in [-0.39, 0.29) is 29.8 Å². The largest absolute Gasteiger partial charge is 0.352 e. The predicted molar refractivity (Wildman–Crippen MR) is 186 cm³/mol. The third-order valence-corrected chi connectivity index (χ3v) is 10.9. The zero-order chi connectivity index (χ0) is 32.7. The Hall–Kier alpha value is -3.95. The number of hydrogen-bond acceptors (Lipinski definition) is 4. The summed E-state index contributed by atoms with van der Waals surface area (Å²) in [5.74, 6) is -0.701. The summed E-state index contributed by atoms with van der Waals surface area (Å²) >= 11 is 3.48. The van der Waals surface area contributed by atoms with Gasteiger partial charge < -0.3 is 10.2 Å². The Morgan fingerprint density at radius 3 is 2.09 bits per heavy atom. The van der Waals surface area contributed by atoms with E-state index in [2.05, 4.69) is 21.2 Å². The van der Waals surface area contributed by atoms with Crippen molar-refractivity contribution in [1.82, 2.24) is 10.2 Å². The van der Waals surface area contributed by atoms with E-state index in [4.69, 9.17) is 0 Å². The SMILES string of the molecule is Cc1ccc(N(CC(=O)N(Cc2ccc(Br)cc2)C(Cc2ccccc2)C(=O)NC2CCCC2)S(=O)(=O)c2ccccc2)cc1C. The van der Waals surface area contributed by atoms with Crippen molar-refractivity contribution in [2.45, 2.75) is 69.5 Å². The molecular weight excluding hydrogens is 662 g/mol. The fourth-order valence-electron chi connectivity index (χ4n) is 5.84. The first kappa shape index (κ1) is 33.4. The molecule has 4 aromatic rings. The van der Waals surface area contributed by atoms with Crippen LogP contribution in [0.15, 0.2) is 112 Å². The van der Waals surface area contributed by atoms with Crippen LogP contribution in [-0.2, 0) is 32.6 Å². The molecule has 0 radical (unpaired) electrons. The molecule has 9 heteroatoms. The van der Waals surface area contributed by atoms with Gasteiger partial charge in [-0.25, -0.2) is 8.42 Å². The molecule has 1 saturated carbocycles. The van der Waals surface area contributed by atoms with E-state index in [1.807, 2.05) is 74.5 Å². The lowest BCUT2D eigenvalue weighted by Crippen LogP contribution is -2.54. The zero-order valence-electron chi connectivity index (χ0n) is 26.2. The summed E-state index contributed by atoms with van der Waals surface area (Å²) in [5, 5.41) is 3.21. The van der Waals surface area contributed by atoms with Crippen LogP contribution in [0.5, 0.6) is 0 Å². The quantitative estimate of drug-likeness (QED) is 0.173. The fraction of sp³-hybridized carbons (Fsp3) is 0.297. The highest BCUT2D eigenvalue weighted by Gasteiger charge is 2.35. The first-order valence-corrected chi connectivity index (χ1v) is 17.9. The molecule has 0 aliphatic heterocycles. The number of carbonyl (C=O) groups is 2. The van der Waals surface area contributed by atoms with Gasteiger partial charge in [0, 0.05) is 23.5 Å². The molecule has 1 aliphatic rings. The van der Waals surface area contributed by atoms with Gasteiger partial charge in [-0.05, 0) is 85.3 Å². The van der Waals surface area contributed by atoms with E-state index in [0.29, 0.717) is 5.69 Å². The molecule has 1 aliphatic carbocycles. The topological polar surface area (TPSA) is 86.8 Å². The lowest BCUT2D eigenvalue weighted by Gasteiger charge is -2.34. The molecular formula is C37H40BrN3O4S. The third-order valence-electron chi connectivity index (χ3n) is 8.63. The minimum atomic E-state index is -4.14. The molecule has 1 unspecified atom stereocenters. The van der Waals surface area contributed by atoms with Gasteiger partial charge in [-0.3, -0.25) is 13.9 Å². The number of rotatable bonds is 12. The lowest BCUT2D eigenvalue weighted by atomic mass is 10.0. The molecule has 7 nitrogen and oxygen atoms in total. The number of sulfonamides is 1. The summed E-state index contributed by atoms with van der Waals surface area (Å²) in [6, 6.07) is 29.9. The highest BCUT2D eigenvalue weighted by atomic mass is 79.9. The van der Waals surface area contributed by atoms with Gasteiger partial charge in [-0.1, -0.05) is 95.5 Å². The molecule has 46 heavy (non-hydrogen) atoms. The van der Waals surface area contributed by atoms with Crippen LogP contribution in [0.25, 0.3) is 0 Å². The molecule has 1 N–H and O–H groups in total. The number of aryl methyl sites for hydroxylation is 2. The van der Waals surface area contributed by atoms with E-state index in [9.17, 15) is 18.0 Å². The molecule has 0 heterocycles. The van der Waals surface area contributed by atoms with Gasteiger partial charge in [-0.15, -0.1) is 0 Å². The van der Waals surface area contributed by atoms with Gasteiger partial charge in [0.15, 0.2) is 0 Å². The second-order valence-corrected chi connectivity index (χ2v) is 14.7. The number of anilines is 1. The van der Waals surface area contributed by atoms with Crippen LogP contribution in [0.4, 0.5) is 5.69 Å². The van der Waals surface area contributed by atoms with Crippen LogP contribution in [0.1, 0.15) is 47.9 Å². The number of nitrogens with zero attached hydrogens (tertiary/aromatic N) is 2. The standard InChI is InChI=1S/C37H40BrN3O4S/c1-27-17-22-33(23-28(27)2)41(46(44,45)34-15-7-4-8-16-34)26-36(42)40(25-30-18-20-31(38)21-19-30)35(24-29-11-5-3-6-12-29)37(43)39-32-13-9-10-14-32/h3-8,11-12,15-23,32,35H,9-10,13-14,24-26H2,1-2H3,(H,39,43). The van der Waals surface area contributed by atoms with Crippen molar-refractivity contribution in [3.63, 3.8) is 0 Å². The van der Waals surface area contributed by atoms with E-state index < -0.39 is 28.5 Å². The Bertz CT molecular complexity index is 1740. The Labute approximate surface area is 280 Å². The van der Waals surface area contributed by atoms with Crippen LogP contribution >= 0.6 is 15.9 Å². The molecule has 4 aromatic carbocycles. The monoisotopic (exact) mass is 701 g/mol. The zero-order valence-corrected chi connectivity index (χ0v) is 28.6. The average molecular weight is 703 g/mol. The van der Waals surface area contributed by atoms with Crippen molar-refractivity contribution in [2.75, 3.05) is 10.8 Å². The maximum absolute atomic E-state index is 14.6. The van der Waals surface area contributed by atoms with Crippen LogP contribution in [0, 0.1) is 13.8 Å². The summed E-state index contributed by atoms with van der Waals surface area (Å²) in [6.45, 7) is 3.53. The summed E-state index contributed by atoms with van der Waals surface area (Å²) in [6.07, 6.45) is 4.20. The molecule has 5 rings (SSSR count). The van der Waals surface area contributed by atoms with Crippen LogP contribution in [-0.4, -0.2) is 43.8 Å².